The molecule has 1 heterocycles. The second-order valence-corrected chi connectivity index (χ2v) is 4.97. The van der Waals surface area contributed by atoms with Crippen LogP contribution in [0.15, 0.2) is 0 Å². The lowest BCUT2D eigenvalue weighted by Gasteiger charge is -2.33. The lowest BCUT2D eigenvalue weighted by molar-refractivity contribution is -0.142. The summed E-state index contributed by atoms with van der Waals surface area (Å²) >= 11 is 0. The van der Waals surface area contributed by atoms with E-state index in [9.17, 15) is 4.79 Å². The van der Waals surface area contributed by atoms with Gasteiger partial charge in [-0.3, -0.25) is 4.79 Å². The van der Waals surface area contributed by atoms with Gasteiger partial charge in [-0.05, 0) is 25.8 Å². The van der Waals surface area contributed by atoms with Crippen molar-refractivity contribution in [3.05, 3.63) is 0 Å². The van der Waals surface area contributed by atoms with Gasteiger partial charge in [-0.1, -0.05) is 20.3 Å². The van der Waals surface area contributed by atoms with E-state index in [-0.39, 0.29) is 17.9 Å². The predicted molar refractivity (Wildman–Crippen MR) is 68.8 cm³/mol. The minimum absolute atomic E-state index is 0.0569. The smallest absolute Gasteiger partial charge is 0.230 e. The fourth-order valence-corrected chi connectivity index (χ4v) is 2.77. The van der Waals surface area contributed by atoms with Crippen LogP contribution in [-0.2, 0) is 4.79 Å². The zero-order chi connectivity index (χ0) is 12.7. The van der Waals surface area contributed by atoms with Gasteiger partial charge >= 0.3 is 0 Å². The number of amides is 1. The molecule has 0 saturated carbocycles. The molecule has 17 heavy (non-hydrogen) atoms. The Balaban J connectivity index is 2.73. The van der Waals surface area contributed by atoms with Gasteiger partial charge in [0.25, 0.3) is 0 Å². The molecule has 1 aliphatic rings. The summed E-state index contributed by atoms with van der Waals surface area (Å²) in [6.45, 7) is 7.21. The van der Waals surface area contributed by atoms with Gasteiger partial charge in [-0.2, -0.15) is 0 Å². The van der Waals surface area contributed by atoms with E-state index in [0.29, 0.717) is 6.54 Å². The van der Waals surface area contributed by atoms with E-state index >= 15 is 0 Å². The molecule has 1 rings (SSSR count). The fourth-order valence-electron chi connectivity index (χ4n) is 2.77. The van der Waals surface area contributed by atoms with E-state index in [1.165, 1.54) is 0 Å². The molecule has 0 aromatic carbocycles. The largest absolute Gasteiger partial charge is 0.395 e. The molecule has 1 fully saturated rings. The second kappa shape index (κ2) is 6.97. The van der Waals surface area contributed by atoms with Crippen LogP contribution in [0.4, 0.5) is 0 Å². The molecule has 1 aliphatic heterocycles. The van der Waals surface area contributed by atoms with Crippen LogP contribution in [0.2, 0.25) is 0 Å². The average molecular weight is 242 g/mol. The molecular formula is C13H26N2O2. The minimum Gasteiger partial charge on any atom is -0.395 e. The Hall–Kier alpha value is -0.610. The van der Waals surface area contributed by atoms with E-state index in [1.54, 1.807) is 0 Å². The topological polar surface area (TPSA) is 52.6 Å². The van der Waals surface area contributed by atoms with Crippen molar-refractivity contribution in [1.29, 1.82) is 0 Å². The third-order valence-corrected chi connectivity index (χ3v) is 3.58. The number of carbonyl (C=O) groups is 1. The molecule has 0 aliphatic carbocycles. The van der Waals surface area contributed by atoms with E-state index in [0.717, 1.165) is 45.3 Å². The minimum atomic E-state index is -0.209. The van der Waals surface area contributed by atoms with Crippen molar-refractivity contribution >= 4 is 5.91 Å². The standard InChI is InChI=1S/C13H26N2O2/c1-3-5-13(6-7-14-11-13)12(17)15(8-4-2)9-10-16/h14,16H,3-11H2,1-2H3. The second-order valence-electron chi connectivity index (χ2n) is 4.97. The first-order valence-corrected chi connectivity index (χ1v) is 6.81. The van der Waals surface area contributed by atoms with Gasteiger partial charge in [0.1, 0.15) is 0 Å². The van der Waals surface area contributed by atoms with Gasteiger partial charge in [0, 0.05) is 19.6 Å². The summed E-state index contributed by atoms with van der Waals surface area (Å²) in [6, 6.07) is 0. The highest BCUT2D eigenvalue weighted by molar-refractivity contribution is 5.83. The van der Waals surface area contributed by atoms with Crippen LogP contribution in [0.1, 0.15) is 39.5 Å². The number of nitrogens with one attached hydrogen (secondary N) is 1. The summed E-state index contributed by atoms with van der Waals surface area (Å²) in [5.41, 5.74) is -0.209. The van der Waals surface area contributed by atoms with Crippen molar-refractivity contribution in [2.24, 2.45) is 5.41 Å². The van der Waals surface area contributed by atoms with E-state index < -0.39 is 0 Å². The number of carbonyl (C=O) groups excluding carboxylic acids is 1. The highest BCUT2D eigenvalue weighted by Gasteiger charge is 2.42. The molecule has 4 nitrogen and oxygen atoms in total. The molecule has 1 saturated heterocycles. The Morgan fingerprint density at radius 1 is 1.35 bits per heavy atom. The van der Waals surface area contributed by atoms with Crippen LogP contribution in [0, 0.1) is 5.41 Å². The summed E-state index contributed by atoms with van der Waals surface area (Å²) in [6.07, 6.45) is 3.86. The molecule has 0 bridgehead atoms. The lowest BCUT2D eigenvalue weighted by atomic mass is 9.81. The van der Waals surface area contributed by atoms with Crippen molar-refractivity contribution in [2.75, 3.05) is 32.8 Å². The molecular weight excluding hydrogens is 216 g/mol. The van der Waals surface area contributed by atoms with Gasteiger partial charge in [0.15, 0.2) is 0 Å². The van der Waals surface area contributed by atoms with Gasteiger partial charge in [-0.15, -0.1) is 0 Å². The van der Waals surface area contributed by atoms with Crippen molar-refractivity contribution in [1.82, 2.24) is 10.2 Å². The Bertz CT molecular complexity index is 232. The third kappa shape index (κ3) is 3.42. The monoisotopic (exact) mass is 242 g/mol. The molecule has 0 aromatic rings. The summed E-state index contributed by atoms with van der Waals surface area (Å²) in [5.74, 6) is 0.236. The molecule has 2 N–H and O–H groups in total. The van der Waals surface area contributed by atoms with Crippen LogP contribution in [-0.4, -0.2) is 48.7 Å². The van der Waals surface area contributed by atoms with Gasteiger partial charge in [0.05, 0.1) is 12.0 Å². The van der Waals surface area contributed by atoms with Crippen LogP contribution in [0.5, 0.6) is 0 Å². The summed E-state index contributed by atoms with van der Waals surface area (Å²) in [5, 5.41) is 12.4. The summed E-state index contributed by atoms with van der Waals surface area (Å²) in [7, 11) is 0. The molecule has 1 unspecified atom stereocenters. The van der Waals surface area contributed by atoms with E-state index in [4.69, 9.17) is 5.11 Å². The zero-order valence-corrected chi connectivity index (χ0v) is 11.2. The van der Waals surface area contributed by atoms with Crippen molar-refractivity contribution in [2.45, 2.75) is 39.5 Å². The maximum absolute atomic E-state index is 12.6. The number of rotatable bonds is 7. The van der Waals surface area contributed by atoms with E-state index in [1.807, 2.05) is 4.90 Å². The highest BCUT2D eigenvalue weighted by atomic mass is 16.3. The highest BCUT2D eigenvalue weighted by Crippen LogP contribution is 2.33. The third-order valence-electron chi connectivity index (χ3n) is 3.58. The quantitative estimate of drug-likeness (QED) is 0.700. The molecule has 0 radical (unpaired) electrons. The van der Waals surface area contributed by atoms with Crippen LogP contribution >= 0.6 is 0 Å². The molecule has 100 valence electrons. The van der Waals surface area contributed by atoms with Crippen molar-refractivity contribution < 1.29 is 9.90 Å². The Kier molecular flexibility index (Phi) is 5.92. The fraction of sp³-hybridized carbons (Fsp3) is 0.923. The van der Waals surface area contributed by atoms with Gasteiger partial charge in [0.2, 0.25) is 5.91 Å². The number of aliphatic hydroxyl groups excluding tert-OH is 1. The first-order valence-electron chi connectivity index (χ1n) is 6.81. The number of hydrogen-bond acceptors (Lipinski definition) is 3. The Labute approximate surface area is 104 Å². The number of hydrogen-bond donors (Lipinski definition) is 2. The molecule has 1 amide bonds. The van der Waals surface area contributed by atoms with Crippen LogP contribution in [0.25, 0.3) is 0 Å². The first-order chi connectivity index (χ1) is 8.20. The molecule has 0 spiro atoms. The van der Waals surface area contributed by atoms with Gasteiger partial charge < -0.3 is 15.3 Å². The van der Waals surface area contributed by atoms with Crippen molar-refractivity contribution in [3.8, 4) is 0 Å². The summed E-state index contributed by atoms with van der Waals surface area (Å²) in [4.78, 5) is 14.4. The van der Waals surface area contributed by atoms with Gasteiger partial charge in [-0.25, -0.2) is 0 Å². The molecule has 0 aromatic heterocycles. The normalized spacial score (nSPS) is 23.9. The molecule has 4 heteroatoms. The average Bonchev–Trinajstić information content (AvgIpc) is 2.78. The first kappa shape index (κ1) is 14.5. The van der Waals surface area contributed by atoms with Crippen LogP contribution in [0.3, 0.4) is 0 Å². The van der Waals surface area contributed by atoms with E-state index in [2.05, 4.69) is 19.2 Å². The van der Waals surface area contributed by atoms with Crippen molar-refractivity contribution in [3.63, 3.8) is 0 Å². The predicted octanol–water partition coefficient (Wildman–Crippen LogP) is 0.997. The maximum atomic E-state index is 12.6. The zero-order valence-electron chi connectivity index (χ0n) is 11.2. The number of nitrogens with zero attached hydrogens (tertiary/aromatic N) is 1. The number of aliphatic hydroxyl groups is 1. The maximum Gasteiger partial charge on any atom is 0.230 e. The van der Waals surface area contributed by atoms with Crippen LogP contribution < -0.4 is 5.32 Å². The Morgan fingerprint density at radius 3 is 2.59 bits per heavy atom. The lowest BCUT2D eigenvalue weighted by Crippen LogP contribution is -2.46. The molecule has 1 atom stereocenters. The summed E-state index contributed by atoms with van der Waals surface area (Å²) < 4.78 is 0. The SMILES string of the molecule is CCCN(CCO)C(=O)C1(CCC)CCNC1. The Morgan fingerprint density at radius 2 is 2.12 bits per heavy atom.